The SMILES string of the molecule is CCCOc1nc(NC)nc(N2CCN(CCO)CC2)n1. The van der Waals surface area contributed by atoms with Crippen LogP contribution in [0.25, 0.3) is 0 Å². The van der Waals surface area contributed by atoms with Crippen LogP contribution in [-0.4, -0.2) is 77.9 Å². The monoisotopic (exact) mass is 296 g/mol. The van der Waals surface area contributed by atoms with Crippen LogP contribution in [0.1, 0.15) is 13.3 Å². The van der Waals surface area contributed by atoms with Crippen molar-refractivity contribution in [3.8, 4) is 6.01 Å². The van der Waals surface area contributed by atoms with E-state index in [9.17, 15) is 0 Å². The molecule has 8 heteroatoms. The minimum absolute atomic E-state index is 0.199. The fraction of sp³-hybridized carbons (Fsp3) is 0.769. The molecule has 21 heavy (non-hydrogen) atoms. The lowest BCUT2D eigenvalue weighted by Crippen LogP contribution is -2.47. The molecule has 1 aromatic rings. The third-order valence-corrected chi connectivity index (χ3v) is 3.33. The van der Waals surface area contributed by atoms with E-state index in [2.05, 4.69) is 30.1 Å². The van der Waals surface area contributed by atoms with Gasteiger partial charge >= 0.3 is 6.01 Å². The number of nitrogens with zero attached hydrogens (tertiary/aromatic N) is 5. The molecule has 0 spiro atoms. The van der Waals surface area contributed by atoms with E-state index in [1.807, 2.05) is 6.92 Å². The Kier molecular flexibility index (Phi) is 5.94. The quantitative estimate of drug-likeness (QED) is 0.716. The van der Waals surface area contributed by atoms with Crippen molar-refractivity contribution < 1.29 is 9.84 Å². The number of ether oxygens (including phenoxy) is 1. The molecule has 1 fully saturated rings. The Morgan fingerprint density at radius 1 is 1.19 bits per heavy atom. The first-order valence-corrected chi connectivity index (χ1v) is 7.41. The molecule has 0 aliphatic carbocycles. The molecule has 2 N–H and O–H groups in total. The lowest BCUT2D eigenvalue weighted by atomic mass is 10.3. The number of anilines is 2. The lowest BCUT2D eigenvalue weighted by molar-refractivity contribution is 0.188. The van der Waals surface area contributed by atoms with Gasteiger partial charge in [-0.25, -0.2) is 0 Å². The second kappa shape index (κ2) is 7.94. The molecular weight excluding hydrogens is 272 g/mol. The molecule has 0 aromatic carbocycles. The predicted molar refractivity (Wildman–Crippen MR) is 80.9 cm³/mol. The van der Waals surface area contributed by atoms with Gasteiger partial charge in [-0.15, -0.1) is 0 Å². The van der Waals surface area contributed by atoms with Crippen molar-refractivity contribution in [1.82, 2.24) is 19.9 Å². The summed E-state index contributed by atoms with van der Waals surface area (Å²) in [5.41, 5.74) is 0. The molecule has 1 aliphatic heterocycles. The van der Waals surface area contributed by atoms with Crippen LogP contribution in [0.3, 0.4) is 0 Å². The van der Waals surface area contributed by atoms with Crippen LogP contribution in [0.5, 0.6) is 6.01 Å². The minimum atomic E-state index is 0.199. The summed E-state index contributed by atoms with van der Waals surface area (Å²) in [5, 5.41) is 11.9. The summed E-state index contributed by atoms with van der Waals surface area (Å²) in [6, 6.07) is 0.365. The van der Waals surface area contributed by atoms with Gasteiger partial charge in [0.2, 0.25) is 11.9 Å². The maximum atomic E-state index is 8.98. The largest absolute Gasteiger partial charge is 0.463 e. The Morgan fingerprint density at radius 3 is 2.57 bits per heavy atom. The first kappa shape index (κ1) is 15.7. The Morgan fingerprint density at radius 2 is 1.95 bits per heavy atom. The smallest absolute Gasteiger partial charge is 0.323 e. The molecule has 0 atom stereocenters. The Bertz CT molecular complexity index is 437. The lowest BCUT2D eigenvalue weighted by Gasteiger charge is -2.34. The van der Waals surface area contributed by atoms with E-state index in [1.54, 1.807) is 7.05 Å². The average molecular weight is 296 g/mol. The molecule has 8 nitrogen and oxygen atoms in total. The fourth-order valence-electron chi connectivity index (χ4n) is 2.17. The van der Waals surface area contributed by atoms with E-state index in [-0.39, 0.29) is 6.61 Å². The number of aliphatic hydroxyl groups excluding tert-OH is 1. The number of hydrogen-bond acceptors (Lipinski definition) is 8. The zero-order valence-electron chi connectivity index (χ0n) is 12.7. The second-order valence-corrected chi connectivity index (χ2v) is 4.89. The standard InChI is InChI=1S/C13H24N6O2/c1-3-10-21-13-16-11(14-2)15-12(17-13)19-6-4-18(5-7-19)8-9-20/h20H,3-10H2,1-2H3,(H,14,15,16,17). The molecular formula is C13H24N6O2. The molecule has 0 amide bonds. The highest BCUT2D eigenvalue weighted by Gasteiger charge is 2.20. The van der Waals surface area contributed by atoms with Crippen LogP contribution in [0.15, 0.2) is 0 Å². The van der Waals surface area contributed by atoms with E-state index in [0.717, 1.165) is 39.1 Å². The van der Waals surface area contributed by atoms with Crippen LogP contribution < -0.4 is 15.0 Å². The zero-order valence-corrected chi connectivity index (χ0v) is 12.7. The third kappa shape index (κ3) is 4.40. The highest BCUT2D eigenvalue weighted by molar-refractivity contribution is 5.38. The van der Waals surface area contributed by atoms with Crippen molar-refractivity contribution in [1.29, 1.82) is 0 Å². The van der Waals surface area contributed by atoms with Gasteiger partial charge in [-0.1, -0.05) is 6.92 Å². The molecule has 2 rings (SSSR count). The molecule has 1 aromatic heterocycles. The van der Waals surface area contributed by atoms with E-state index in [4.69, 9.17) is 9.84 Å². The Balaban J connectivity index is 2.04. The van der Waals surface area contributed by atoms with Crippen LogP contribution in [0, 0.1) is 0 Å². The van der Waals surface area contributed by atoms with Gasteiger partial charge in [0.15, 0.2) is 0 Å². The van der Waals surface area contributed by atoms with Gasteiger partial charge in [-0.2, -0.15) is 15.0 Å². The average Bonchev–Trinajstić information content (AvgIpc) is 2.53. The summed E-state index contributed by atoms with van der Waals surface area (Å²) in [6.07, 6.45) is 0.912. The van der Waals surface area contributed by atoms with Gasteiger partial charge < -0.3 is 20.1 Å². The first-order chi connectivity index (χ1) is 10.3. The van der Waals surface area contributed by atoms with Gasteiger partial charge in [0.25, 0.3) is 0 Å². The molecule has 0 radical (unpaired) electrons. The topological polar surface area (TPSA) is 86.6 Å². The van der Waals surface area contributed by atoms with Crippen molar-refractivity contribution in [3.05, 3.63) is 0 Å². The first-order valence-electron chi connectivity index (χ1n) is 7.41. The maximum absolute atomic E-state index is 8.98. The number of aromatic nitrogens is 3. The summed E-state index contributed by atoms with van der Waals surface area (Å²) in [7, 11) is 1.78. The van der Waals surface area contributed by atoms with Crippen molar-refractivity contribution in [2.75, 3.05) is 63.2 Å². The Hall–Kier alpha value is -1.67. The highest BCUT2D eigenvalue weighted by atomic mass is 16.5. The van der Waals surface area contributed by atoms with Gasteiger partial charge in [0, 0.05) is 39.8 Å². The number of nitrogens with one attached hydrogen (secondary N) is 1. The van der Waals surface area contributed by atoms with Crippen molar-refractivity contribution in [2.24, 2.45) is 0 Å². The van der Waals surface area contributed by atoms with Crippen molar-refractivity contribution in [2.45, 2.75) is 13.3 Å². The van der Waals surface area contributed by atoms with Crippen molar-refractivity contribution >= 4 is 11.9 Å². The van der Waals surface area contributed by atoms with Gasteiger partial charge in [-0.05, 0) is 6.42 Å². The van der Waals surface area contributed by atoms with Crippen LogP contribution in [-0.2, 0) is 0 Å². The van der Waals surface area contributed by atoms with Crippen LogP contribution in [0.2, 0.25) is 0 Å². The molecule has 0 saturated carbocycles. The number of hydrogen-bond donors (Lipinski definition) is 2. The van der Waals surface area contributed by atoms with Gasteiger partial charge in [-0.3, -0.25) is 4.90 Å². The number of rotatable bonds is 7. The predicted octanol–water partition coefficient (Wildman–Crippen LogP) is -0.184. The molecule has 0 unspecified atom stereocenters. The minimum Gasteiger partial charge on any atom is -0.463 e. The molecule has 1 aliphatic rings. The van der Waals surface area contributed by atoms with E-state index in [1.165, 1.54) is 0 Å². The fourth-order valence-corrected chi connectivity index (χ4v) is 2.17. The van der Waals surface area contributed by atoms with E-state index in [0.29, 0.717) is 24.5 Å². The van der Waals surface area contributed by atoms with Gasteiger partial charge in [0.05, 0.1) is 13.2 Å². The highest BCUT2D eigenvalue weighted by Crippen LogP contribution is 2.16. The zero-order chi connectivity index (χ0) is 15.1. The van der Waals surface area contributed by atoms with E-state index >= 15 is 0 Å². The van der Waals surface area contributed by atoms with E-state index < -0.39 is 0 Å². The maximum Gasteiger partial charge on any atom is 0.323 e. The van der Waals surface area contributed by atoms with Crippen molar-refractivity contribution in [3.63, 3.8) is 0 Å². The summed E-state index contributed by atoms with van der Waals surface area (Å²) < 4.78 is 5.52. The van der Waals surface area contributed by atoms with Crippen LogP contribution >= 0.6 is 0 Å². The second-order valence-electron chi connectivity index (χ2n) is 4.89. The molecule has 2 heterocycles. The summed E-state index contributed by atoms with van der Waals surface area (Å²) >= 11 is 0. The number of piperazine rings is 1. The summed E-state index contributed by atoms with van der Waals surface area (Å²) in [6.45, 7) is 7.01. The molecule has 118 valence electrons. The molecule has 0 bridgehead atoms. The summed E-state index contributed by atoms with van der Waals surface area (Å²) in [4.78, 5) is 17.3. The van der Waals surface area contributed by atoms with Crippen LogP contribution in [0.4, 0.5) is 11.9 Å². The number of aliphatic hydroxyl groups is 1. The van der Waals surface area contributed by atoms with Gasteiger partial charge in [0.1, 0.15) is 0 Å². The Labute approximate surface area is 125 Å². The third-order valence-electron chi connectivity index (χ3n) is 3.33. The normalized spacial score (nSPS) is 16.0. The number of β-amino-alcohol motifs (C(OH)–C–C–N with tert-alkyl or cyclic N) is 1. The summed E-state index contributed by atoms with van der Waals surface area (Å²) in [5.74, 6) is 1.16. The molecule has 1 saturated heterocycles.